The van der Waals surface area contributed by atoms with Crippen LogP contribution in [-0.4, -0.2) is 10.3 Å². The first kappa shape index (κ1) is 11.7. The van der Waals surface area contributed by atoms with E-state index in [0.717, 1.165) is 23.7 Å². The summed E-state index contributed by atoms with van der Waals surface area (Å²) in [5.41, 5.74) is 0.277. The molecule has 0 aliphatic heterocycles. The second-order valence-corrected chi connectivity index (χ2v) is 3.93. The van der Waals surface area contributed by atoms with Crippen LogP contribution in [-0.2, 0) is 0 Å². The summed E-state index contributed by atoms with van der Waals surface area (Å²) in [6, 6.07) is 6.48. The highest BCUT2D eigenvalue weighted by molar-refractivity contribution is 7.04. The molecular weight excluding hydrogens is 255 g/mol. The Morgan fingerprint density at radius 1 is 1.12 bits per heavy atom. The average molecular weight is 261 g/mol. The normalized spacial score (nSPS) is 11.5. The van der Waals surface area contributed by atoms with Crippen LogP contribution in [0.25, 0.3) is 5.69 Å². The predicted octanol–water partition coefficient (Wildman–Crippen LogP) is 2.80. The van der Waals surface area contributed by atoms with Gasteiger partial charge in [-0.15, -0.1) is 13.2 Å². The van der Waals surface area contributed by atoms with E-state index in [1.807, 2.05) is 0 Å². The van der Waals surface area contributed by atoms with Gasteiger partial charge in [-0.25, -0.2) is 3.96 Å². The van der Waals surface area contributed by atoms with E-state index in [9.17, 15) is 18.0 Å². The molecule has 0 bridgehead atoms. The Labute approximate surface area is 97.8 Å². The zero-order valence-corrected chi connectivity index (χ0v) is 9.09. The van der Waals surface area contributed by atoms with Crippen LogP contribution in [0.4, 0.5) is 13.2 Å². The molecule has 0 unspecified atom stereocenters. The minimum absolute atomic E-state index is 0.223. The molecule has 0 radical (unpaired) electrons. The predicted molar refractivity (Wildman–Crippen MR) is 56.6 cm³/mol. The molecule has 90 valence electrons. The molecule has 0 saturated carbocycles. The van der Waals surface area contributed by atoms with Gasteiger partial charge in [-0.05, 0) is 24.3 Å². The standard InChI is InChI=1S/C10H6F3NO2S/c11-10(12,13)16-8-3-1-7(2-4-8)14-9(15)5-6-17-14/h1-6H. The maximum Gasteiger partial charge on any atom is 0.573 e. The molecular formula is C10H6F3NO2S. The lowest BCUT2D eigenvalue weighted by molar-refractivity contribution is -0.274. The molecule has 0 spiro atoms. The summed E-state index contributed by atoms with van der Waals surface area (Å²) in [7, 11) is 0. The van der Waals surface area contributed by atoms with Crippen LogP contribution in [0.3, 0.4) is 0 Å². The molecule has 0 N–H and O–H groups in total. The van der Waals surface area contributed by atoms with Crippen molar-refractivity contribution in [1.29, 1.82) is 0 Å². The van der Waals surface area contributed by atoms with E-state index in [2.05, 4.69) is 4.74 Å². The van der Waals surface area contributed by atoms with Crippen molar-refractivity contribution < 1.29 is 17.9 Å². The topological polar surface area (TPSA) is 31.2 Å². The van der Waals surface area contributed by atoms with E-state index in [0.29, 0.717) is 5.69 Å². The zero-order valence-electron chi connectivity index (χ0n) is 8.27. The number of rotatable bonds is 2. The molecule has 0 fully saturated rings. The number of halogens is 3. The van der Waals surface area contributed by atoms with Crippen LogP contribution in [0.1, 0.15) is 0 Å². The van der Waals surface area contributed by atoms with Gasteiger partial charge in [-0.3, -0.25) is 4.79 Å². The Morgan fingerprint density at radius 2 is 1.76 bits per heavy atom. The van der Waals surface area contributed by atoms with Gasteiger partial charge < -0.3 is 4.74 Å². The lowest BCUT2D eigenvalue weighted by Crippen LogP contribution is -2.17. The second kappa shape index (κ2) is 4.25. The Bertz CT molecular complexity index is 556. The maximum atomic E-state index is 11.9. The lowest BCUT2D eigenvalue weighted by atomic mass is 10.3. The number of ether oxygens (including phenoxy) is 1. The van der Waals surface area contributed by atoms with Gasteiger partial charge in [0.05, 0.1) is 5.69 Å². The van der Waals surface area contributed by atoms with Crippen molar-refractivity contribution in [2.75, 3.05) is 0 Å². The second-order valence-electron chi connectivity index (χ2n) is 3.08. The Hall–Kier alpha value is -1.76. The average Bonchev–Trinajstić information content (AvgIpc) is 2.63. The Kier molecular flexibility index (Phi) is 2.93. The van der Waals surface area contributed by atoms with E-state index >= 15 is 0 Å². The molecule has 2 rings (SSSR count). The van der Waals surface area contributed by atoms with E-state index in [-0.39, 0.29) is 11.3 Å². The minimum atomic E-state index is -4.71. The van der Waals surface area contributed by atoms with Gasteiger partial charge >= 0.3 is 6.36 Å². The first-order valence-electron chi connectivity index (χ1n) is 4.49. The quantitative estimate of drug-likeness (QED) is 0.832. The third kappa shape index (κ3) is 2.88. The molecule has 3 nitrogen and oxygen atoms in total. The summed E-state index contributed by atoms with van der Waals surface area (Å²) < 4.78 is 40.8. The summed E-state index contributed by atoms with van der Waals surface area (Å²) in [6.07, 6.45) is -4.71. The van der Waals surface area contributed by atoms with Gasteiger partial charge in [0.25, 0.3) is 5.56 Å². The highest BCUT2D eigenvalue weighted by Crippen LogP contribution is 2.23. The Morgan fingerprint density at radius 3 is 2.24 bits per heavy atom. The van der Waals surface area contributed by atoms with Crippen LogP contribution < -0.4 is 10.3 Å². The molecule has 1 heterocycles. The molecule has 0 saturated heterocycles. The SMILES string of the molecule is O=c1ccsn1-c1ccc(OC(F)(F)F)cc1. The van der Waals surface area contributed by atoms with Crippen LogP contribution in [0.15, 0.2) is 40.5 Å². The third-order valence-corrected chi connectivity index (χ3v) is 2.74. The highest BCUT2D eigenvalue weighted by Gasteiger charge is 2.30. The first-order valence-corrected chi connectivity index (χ1v) is 5.32. The van der Waals surface area contributed by atoms with E-state index < -0.39 is 6.36 Å². The molecule has 17 heavy (non-hydrogen) atoms. The molecule has 0 aliphatic carbocycles. The van der Waals surface area contributed by atoms with E-state index in [1.54, 1.807) is 5.38 Å². The number of hydrogen-bond acceptors (Lipinski definition) is 3. The highest BCUT2D eigenvalue weighted by atomic mass is 32.1. The summed E-state index contributed by atoms with van der Waals surface area (Å²) >= 11 is 1.16. The molecule has 7 heteroatoms. The number of aromatic nitrogens is 1. The summed E-state index contributed by atoms with van der Waals surface area (Å²) in [4.78, 5) is 11.3. The Balaban J connectivity index is 2.25. The number of benzene rings is 1. The fourth-order valence-electron chi connectivity index (χ4n) is 1.24. The van der Waals surface area contributed by atoms with Gasteiger partial charge in [-0.2, -0.15) is 0 Å². The van der Waals surface area contributed by atoms with Crippen molar-refractivity contribution in [3.63, 3.8) is 0 Å². The minimum Gasteiger partial charge on any atom is -0.406 e. The van der Waals surface area contributed by atoms with Crippen LogP contribution in [0.2, 0.25) is 0 Å². The fourth-order valence-corrected chi connectivity index (χ4v) is 1.95. The van der Waals surface area contributed by atoms with Gasteiger partial charge in [-0.1, -0.05) is 11.5 Å². The molecule has 0 amide bonds. The molecule has 2 aromatic rings. The van der Waals surface area contributed by atoms with Crippen molar-refractivity contribution in [3.8, 4) is 11.4 Å². The van der Waals surface area contributed by atoms with Crippen LogP contribution in [0.5, 0.6) is 5.75 Å². The molecule has 1 aromatic carbocycles. The van der Waals surface area contributed by atoms with Crippen molar-refractivity contribution >= 4 is 11.5 Å². The van der Waals surface area contributed by atoms with Crippen molar-refractivity contribution in [2.45, 2.75) is 6.36 Å². The number of alkyl halides is 3. The summed E-state index contributed by atoms with van der Waals surface area (Å²) in [6.45, 7) is 0. The summed E-state index contributed by atoms with van der Waals surface area (Å²) in [5.74, 6) is -0.314. The van der Waals surface area contributed by atoms with Gasteiger partial charge in [0.15, 0.2) is 0 Å². The number of hydrogen-bond donors (Lipinski definition) is 0. The van der Waals surface area contributed by atoms with Crippen molar-refractivity contribution in [2.24, 2.45) is 0 Å². The maximum absolute atomic E-state index is 11.9. The van der Waals surface area contributed by atoms with Gasteiger partial charge in [0, 0.05) is 11.4 Å². The number of nitrogens with zero attached hydrogens (tertiary/aromatic N) is 1. The third-order valence-electron chi connectivity index (χ3n) is 1.88. The van der Waals surface area contributed by atoms with Crippen molar-refractivity contribution in [3.05, 3.63) is 46.1 Å². The van der Waals surface area contributed by atoms with Crippen molar-refractivity contribution in [1.82, 2.24) is 3.96 Å². The molecule has 0 atom stereocenters. The van der Waals surface area contributed by atoms with Gasteiger partial charge in [0.2, 0.25) is 0 Å². The van der Waals surface area contributed by atoms with Crippen LogP contribution >= 0.6 is 11.5 Å². The smallest absolute Gasteiger partial charge is 0.406 e. The lowest BCUT2D eigenvalue weighted by Gasteiger charge is -2.09. The monoisotopic (exact) mass is 261 g/mol. The first-order chi connectivity index (χ1) is 7.96. The molecule has 1 aromatic heterocycles. The van der Waals surface area contributed by atoms with Crippen LogP contribution in [0, 0.1) is 0 Å². The van der Waals surface area contributed by atoms with Gasteiger partial charge in [0.1, 0.15) is 5.75 Å². The summed E-state index contributed by atoms with van der Waals surface area (Å²) in [5, 5.41) is 1.60. The zero-order chi connectivity index (χ0) is 12.5. The molecule has 0 aliphatic rings. The van der Waals surface area contributed by atoms with E-state index in [1.165, 1.54) is 22.2 Å². The van der Waals surface area contributed by atoms with E-state index in [4.69, 9.17) is 0 Å². The fraction of sp³-hybridized carbons (Fsp3) is 0.100. The largest absolute Gasteiger partial charge is 0.573 e.